The van der Waals surface area contributed by atoms with Crippen molar-refractivity contribution in [2.24, 2.45) is 5.92 Å². The topological polar surface area (TPSA) is 74.2 Å². The molecule has 1 aliphatic carbocycles. The minimum atomic E-state index is -0.203. The van der Waals surface area contributed by atoms with Gasteiger partial charge in [0.25, 0.3) is 0 Å². The quantitative estimate of drug-likeness (QED) is 0.729. The number of rotatable bonds is 5. The number of aromatic nitrogens is 1. The lowest BCUT2D eigenvalue weighted by Gasteiger charge is -2.25. The van der Waals surface area contributed by atoms with Crippen LogP contribution in [0.3, 0.4) is 0 Å². The van der Waals surface area contributed by atoms with Gasteiger partial charge in [-0.05, 0) is 43.2 Å². The Kier molecular flexibility index (Phi) is 6.26. The molecule has 0 bridgehead atoms. The van der Waals surface area contributed by atoms with Gasteiger partial charge in [-0.25, -0.2) is 9.78 Å². The zero-order valence-electron chi connectivity index (χ0n) is 12.0. The van der Waals surface area contributed by atoms with Crippen LogP contribution < -0.4 is 10.6 Å². The molecule has 1 aromatic heterocycles. The van der Waals surface area contributed by atoms with Crippen LogP contribution in [0.15, 0.2) is 18.3 Å². The highest BCUT2D eigenvalue weighted by Gasteiger charge is 2.20. The molecule has 0 aromatic carbocycles. The summed E-state index contributed by atoms with van der Waals surface area (Å²) in [6, 6.07) is 3.49. The first-order valence-corrected chi connectivity index (χ1v) is 7.81. The van der Waals surface area contributed by atoms with E-state index in [9.17, 15) is 9.90 Å². The highest BCUT2D eigenvalue weighted by Crippen LogP contribution is 2.23. The van der Waals surface area contributed by atoms with Gasteiger partial charge in [-0.15, -0.1) is 0 Å². The van der Waals surface area contributed by atoms with Crippen LogP contribution in [0.25, 0.3) is 0 Å². The largest absolute Gasteiger partial charge is 0.393 e. The van der Waals surface area contributed by atoms with Crippen molar-refractivity contribution in [2.45, 2.75) is 38.2 Å². The molecule has 1 heterocycles. The van der Waals surface area contributed by atoms with Crippen LogP contribution in [0.5, 0.6) is 0 Å². The van der Waals surface area contributed by atoms with Crippen LogP contribution >= 0.6 is 11.6 Å². The molecule has 2 unspecified atom stereocenters. The van der Waals surface area contributed by atoms with Crippen LogP contribution in [0, 0.1) is 5.92 Å². The molecule has 1 aliphatic rings. The van der Waals surface area contributed by atoms with Crippen molar-refractivity contribution in [2.75, 3.05) is 13.1 Å². The zero-order valence-corrected chi connectivity index (χ0v) is 12.8. The lowest BCUT2D eigenvalue weighted by Crippen LogP contribution is -2.40. The van der Waals surface area contributed by atoms with Crippen LogP contribution in [0.1, 0.15) is 31.2 Å². The summed E-state index contributed by atoms with van der Waals surface area (Å²) in [6.07, 6.45) is 6.03. The molecule has 0 spiro atoms. The summed E-state index contributed by atoms with van der Waals surface area (Å²) in [5.74, 6) is 0.389. The van der Waals surface area contributed by atoms with Crippen LogP contribution in [0.4, 0.5) is 4.79 Å². The van der Waals surface area contributed by atoms with Gasteiger partial charge in [0, 0.05) is 19.3 Å². The zero-order chi connectivity index (χ0) is 15.1. The normalized spacial score (nSPS) is 21.8. The van der Waals surface area contributed by atoms with E-state index < -0.39 is 0 Å². The molecule has 21 heavy (non-hydrogen) atoms. The number of nitrogens with zero attached hydrogens (tertiary/aromatic N) is 1. The smallest absolute Gasteiger partial charge is 0.314 e. The van der Waals surface area contributed by atoms with Gasteiger partial charge in [-0.3, -0.25) is 0 Å². The van der Waals surface area contributed by atoms with Crippen LogP contribution in [0.2, 0.25) is 5.15 Å². The fraction of sp³-hybridized carbons (Fsp3) is 0.600. The summed E-state index contributed by atoms with van der Waals surface area (Å²) in [5, 5.41) is 15.8. The molecule has 1 saturated carbocycles. The first kappa shape index (κ1) is 16.0. The van der Waals surface area contributed by atoms with E-state index in [4.69, 9.17) is 11.6 Å². The third-order valence-corrected chi connectivity index (χ3v) is 4.02. The van der Waals surface area contributed by atoms with Gasteiger partial charge in [-0.2, -0.15) is 0 Å². The maximum Gasteiger partial charge on any atom is 0.314 e. The van der Waals surface area contributed by atoms with Crippen molar-refractivity contribution in [1.82, 2.24) is 15.6 Å². The number of pyridine rings is 1. The monoisotopic (exact) mass is 311 g/mol. The van der Waals surface area contributed by atoms with Crippen molar-refractivity contribution in [3.63, 3.8) is 0 Å². The van der Waals surface area contributed by atoms with E-state index in [1.165, 1.54) is 0 Å². The fourth-order valence-corrected chi connectivity index (χ4v) is 2.73. The number of hydrogen-bond acceptors (Lipinski definition) is 3. The van der Waals surface area contributed by atoms with Gasteiger partial charge < -0.3 is 15.7 Å². The van der Waals surface area contributed by atoms with Gasteiger partial charge in [0.05, 0.1) is 6.10 Å². The summed E-state index contributed by atoms with van der Waals surface area (Å²) in [6.45, 7) is 1.19. The first-order chi connectivity index (χ1) is 10.1. The maximum atomic E-state index is 11.7. The molecule has 0 saturated heterocycles. The molecule has 0 radical (unpaired) electrons. The number of carbonyl (C=O) groups is 1. The Balaban J connectivity index is 1.60. The summed E-state index contributed by atoms with van der Waals surface area (Å²) in [4.78, 5) is 15.7. The number of urea groups is 1. The maximum absolute atomic E-state index is 11.7. The third kappa shape index (κ3) is 5.89. The second kappa shape index (κ2) is 8.20. The number of carbonyl (C=O) groups excluding carboxylic acids is 1. The number of aliphatic hydroxyl groups excluding tert-OH is 1. The predicted octanol–water partition coefficient (Wildman–Crippen LogP) is 2.13. The van der Waals surface area contributed by atoms with Gasteiger partial charge in [0.15, 0.2) is 0 Å². The van der Waals surface area contributed by atoms with Crippen molar-refractivity contribution in [1.29, 1.82) is 0 Å². The van der Waals surface area contributed by atoms with Crippen molar-refractivity contribution in [3.8, 4) is 0 Å². The van der Waals surface area contributed by atoms with Crippen molar-refractivity contribution >= 4 is 17.6 Å². The molecule has 1 fully saturated rings. The van der Waals surface area contributed by atoms with E-state index in [-0.39, 0.29) is 12.1 Å². The van der Waals surface area contributed by atoms with Gasteiger partial charge in [-0.1, -0.05) is 24.1 Å². The molecule has 1 aromatic rings. The number of amides is 2. The summed E-state index contributed by atoms with van der Waals surface area (Å²) in [7, 11) is 0. The summed E-state index contributed by atoms with van der Waals surface area (Å²) >= 11 is 5.71. The minimum Gasteiger partial charge on any atom is -0.393 e. The van der Waals surface area contributed by atoms with E-state index in [0.29, 0.717) is 24.2 Å². The molecule has 5 nitrogen and oxygen atoms in total. The summed E-state index contributed by atoms with van der Waals surface area (Å²) in [5.41, 5.74) is 1.04. The van der Waals surface area contributed by atoms with Crippen molar-refractivity contribution < 1.29 is 9.90 Å². The SMILES string of the molecule is O=C(NCCc1ccc(Cl)nc1)NCC1CCCC(O)C1. The third-order valence-electron chi connectivity index (χ3n) is 3.79. The highest BCUT2D eigenvalue weighted by atomic mass is 35.5. The molecule has 2 atom stereocenters. The Morgan fingerprint density at radius 3 is 2.95 bits per heavy atom. The molecular weight excluding hydrogens is 290 g/mol. The van der Waals surface area contributed by atoms with Gasteiger partial charge >= 0.3 is 6.03 Å². The molecule has 2 amide bonds. The van der Waals surface area contributed by atoms with Crippen molar-refractivity contribution in [3.05, 3.63) is 29.0 Å². The Bertz CT molecular complexity index is 453. The molecular formula is C15H22ClN3O2. The van der Waals surface area contributed by atoms with E-state index in [1.54, 1.807) is 12.3 Å². The van der Waals surface area contributed by atoms with Gasteiger partial charge in [0.1, 0.15) is 5.15 Å². The average molecular weight is 312 g/mol. The Hall–Kier alpha value is -1.33. The minimum absolute atomic E-state index is 0.156. The van der Waals surface area contributed by atoms with E-state index in [0.717, 1.165) is 37.7 Å². The Morgan fingerprint density at radius 1 is 1.38 bits per heavy atom. The second-order valence-corrected chi connectivity index (χ2v) is 5.95. The van der Waals surface area contributed by atoms with Gasteiger partial charge in [0.2, 0.25) is 0 Å². The number of nitrogens with one attached hydrogen (secondary N) is 2. The lowest BCUT2D eigenvalue weighted by atomic mass is 9.87. The fourth-order valence-electron chi connectivity index (χ4n) is 2.62. The average Bonchev–Trinajstić information content (AvgIpc) is 2.47. The molecule has 116 valence electrons. The Labute approximate surface area is 130 Å². The number of aliphatic hydroxyl groups is 1. The van der Waals surface area contributed by atoms with E-state index in [1.807, 2.05) is 6.07 Å². The van der Waals surface area contributed by atoms with Crippen LogP contribution in [-0.4, -0.2) is 35.3 Å². The van der Waals surface area contributed by atoms with E-state index in [2.05, 4.69) is 15.6 Å². The Morgan fingerprint density at radius 2 is 2.24 bits per heavy atom. The molecule has 0 aliphatic heterocycles. The molecule has 6 heteroatoms. The van der Waals surface area contributed by atoms with E-state index >= 15 is 0 Å². The number of halogens is 1. The lowest BCUT2D eigenvalue weighted by molar-refractivity contribution is 0.101. The molecule has 2 rings (SSSR count). The second-order valence-electron chi connectivity index (χ2n) is 5.56. The standard InChI is InChI=1S/C15H22ClN3O2/c16-14-5-4-11(9-18-14)6-7-17-15(21)19-10-12-2-1-3-13(20)8-12/h4-5,9,12-13,20H,1-3,6-8,10H2,(H2,17,19,21). The highest BCUT2D eigenvalue weighted by molar-refractivity contribution is 6.29. The van der Waals surface area contributed by atoms with Crippen LogP contribution in [-0.2, 0) is 6.42 Å². The molecule has 3 N–H and O–H groups in total. The number of hydrogen-bond donors (Lipinski definition) is 3. The predicted molar refractivity (Wildman–Crippen MR) is 82.3 cm³/mol. The summed E-state index contributed by atoms with van der Waals surface area (Å²) < 4.78 is 0. The first-order valence-electron chi connectivity index (χ1n) is 7.43.